The number of carbonyl (C=O) groups excluding carboxylic acids is 1. The number of hydrogen-bond donors (Lipinski definition) is 1. The van der Waals surface area contributed by atoms with E-state index in [0.717, 1.165) is 5.56 Å². The molecule has 0 fully saturated rings. The largest absolute Gasteiger partial charge is 0.494 e. The number of ether oxygens (including phenoxy) is 2. The number of carbonyl (C=O) groups is 1. The molecule has 0 aliphatic carbocycles. The van der Waals surface area contributed by atoms with Gasteiger partial charge in [0.05, 0.1) is 6.61 Å². The van der Waals surface area contributed by atoms with Crippen molar-refractivity contribution in [2.45, 2.75) is 52.2 Å². The van der Waals surface area contributed by atoms with Crippen LogP contribution in [-0.4, -0.2) is 36.7 Å². The zero-order valence-corrected chi connectivity index (χ0v) is 19.0. The van der Waals surface area contributed by atoms with Crippen LogP contribution < -0.4 is 14.8 Å². The summed E-state index contributed by atoms with van der Waals surface area (Å²) in [6.45, 7) is 8.34. The van der Waals surface area contributed by atoms with Gasteiger partial charge in [0.2, 0.25) is 0 Å². The molecule has 0 aliphatic heterocycles. The normalized spacial score (nSPS) is 11.7. The maximum Gasteiger partial charge on any atom is 0.415 e. The monoisotopic (exact) mass is 438 g/mol. The average molecular weight is 439 g/mol. The second kappa shape index (κ2) is 12.4. The first-order valence-corrected chi connectivity index (χ1v) is 9.97. The zero-order chi connectivity index (χ0) is 21.4. The number of nitrogens with zero attached hydrogens (tertiary/aromatic N) is 1. The molecule has 0 spiro atoms. The van der Waals surface area contributed by atoms with Gasteiger partial charge in [0.25, 0.3) is 0 Å². The van der Waals surface area contributed by atoms with Gasteiger partial charge in [-0.3, -0.25) is 0 Å². The summed E-state index contributed by atoms with van der Waals surface area (Å²) in [4.78, 5) is 14.2. The first kappa shape index (κ1) is 25.7. The van der Waals surface area contributed by atoms with E-state index in [4.69, 9.17) is 9.47 Å². The van der Waals surface area contributed by atoms with E-state index in [1.807, 2.05) is 52.9 Å². The zero-order valence-electron chi connectivity index (χ0n) is 18.2. The predicted molar refractivity (Wildman–Crippen MR) is 120 cm³/mol. The smallest absolute Gasteiger partial charge is 0.415 e. The third kappa shape index (κ3) is 7.50. The van der Waals surface area contributed by atoms with Crippen molar-refractivity contribution in [3.63, 3.8) is 0 Å². The predicted octanol–water partition coefficient (Wildman–Crippen LogP) is 5.59. The van der Waals surface area contributed by atoms with Crippen LogP contribution in [0.3, 0.4) is 0 Å². The molecule has 1 amide bonds. The van der Waals surface area contributed by atoms with Crippen molar-refractivity contribution in [1.29, 1.82) is 0 Å². The molecule has 2 rings (SSSR count). The molecule has 1 unspecified atom stereocenters. The van der Waals surface area contributed by atoms with Crippen molar-refractivity contribution in [2.24, 2.45) is 0 Å². The van der Waals surface area contributed by atoms with E-state index in [9.17, 15) is 9.18 Å². The molecule has 0 bridgehead atoms. The molecular weight excluding hydrogens is 407 g/mol. The summed E-state index contributed by atoms with van der Waals surface area (Å²) in [5.74, 6) is 0.857. The van der Waals surface area contributed by atoms with Crippen LogP contribution in [0.5, 0.6) is 11.5 Å². The Morgan fingerprint density at radius 2 is 1.67 bits per heavy atom. The fraction of sp³-hybridized carbons (Fsp3) is 0.435. The van der Waals surface area contributed by atoms with Gasteiger partial charge in [-0.05, 0) is 76.7 Å². The fourth-order valence-electron chi connectivity index (χ4n) is 3.27. The van der Waals surface area contributed by atoms with E-state index in [0.29, 0.717) is 24.5 Å². The fourth-order valence-corrected chi connectivity index (χ4v) is 3.27. The third-order valence-corrected chi connectivity index (χ3v) is 4.63. The summed E-state index contributed by atoms with van der Waals surface area (Å²) in [6, 6.07) is 13.6. The molecule has 0 heterocycles. The number of amides is 1. The van der Waals surface area contributed by atoms with Crippen LogP contribution in [0.25, 0.3) is 0 Å². The lowest BCUT2D eigenvalue weighted by molar-refractivity contribution is 0.122. The molecule has 5 nitrogen and oxygen atoms in total. The average Bonchev–Trinajstić information content (AvgIpc) is 2.66. The van der Waals surface area contributed by atoms with E-state index in [-0.39, 0.29) is 42.4 Å². The molecule has 7 heteroatoms. The van der Waals surface area contributed by atoms with Gasteiger partial charge in [0.15, 0.2) is 0 Å². The highest BCUT2D eigenvalue weighted by Crippen LogP contribution is 2.23. The van der Waals surface area contributed by atoms with Gasteiger partial charge in [-0.15, -0.1) is 12.4 Å². The first-order chi connectivity index (χ1) is 13.8. The minimum atomic E-state index is -0.354. The van der Waals surface area contributed by atoms with E-state index in [1.165, 1.54) is 12.1 Å². The van der Waals surface area contributed by atoms with Crippen LogP contribution in [0, 0.1) is 5.82 Å². The van der Waals surface area contributed by atoms with Crippen molar-refractivity contribution < 1.29 is 18.7 Å². The third-order valence-electron chi connectivity index (χ3n) is 4.63. The van der Waals surface area contributed by atoms with Crippen LogP contribution in [0.2, 0.25) is 0 Å². The van der Waals surface area contributed by atoms with Crippen LogP contribution in [-0.2, 0) is 0 Å². The highest BCUT2D eigenvalue weighted by molar-refractivity contribution is 5.85. The van der Waals surface area contributed by atoms with Crippen LogP contribution in [0.4, 0.5) is 9.18 Å². The van der Waals surface area contributed by atoms with Gasteiger partial charge in [0.1, 0.15) is 17.3 Å². The van der Waals surface area contributed by atoms with Crippen molar-refractivity contribution in [1.82, 2.24) is 10.2 Å². The lowest BCUT2D eigenvalue weighted by Crippen LogP contribution is -2.43. The SMILES string of the molecule is CNC(CCOc1ccc(F)cc1)c1cccc(OC(=O)N(C(C)C)C(C)C)c1.Cl. The summed E-state index contributed by atoms with van der Waals surface area (Å²) >= 11 is 0. The van der Waals surface area contributed by atoms with Gasteiger partial charge in [0, 0.05) is 24.5 Å². The molecule has 30 heavy (non-hydrogen) atoms. The highest BCUT2D eigenvalue weighted by atomic mass is 35.5. The van der Waals surface area contributed by atoms with Gasteiger partial charge in [-0.2, -0.15) is 0 Å². The molecule has 0 saturated carbocycles. The Labute approximate surface area is 185 Å². The molecule has 2 aromatic rings. The number of rotatable bonds is 9. The molecule has 0 radical (unpaired) electrons. The second-order valence-corrected chi connectivity index (χ2v) is 7.47. The van der Waals surface area contributed by atoms with Crippen LogP contribution in [0.15, 0.2) is 48.5 Å². The number of nitrogens with one attached hydrogen (secondary N) is 1. The standard InChI is InChI=1S/C23H31FN2O3.ClH/c1-16(2)26(17(3)4)23(27)29-21-8-6-7-18(15-21)22(25-5)13-14-28-20-11-9-19(24)10-12-20;/h6-12,15-17,22,25H,13-14H2,1-5H3;1H. The Hall–Kier alpha value is -2.31. The van der Waals surface area contributed by atoms with Gasteiger partial charge in [-0.25, -0.2) is 9.18 Å². The Bertz CT molecular complexity index is 776. The van der Waals surface area contributed by atoms with Gasteiger partial charge in [-0.1, -0.05) is 12.1 Å². The molecule has 1 N–H and O–H groups in total. The van der Waals surface area contributed by atoms with Crippen molar-refractivity contribution in [3.05, 3.63) is 59.9 Å². The van der Waals surface area contributed by atoms with Gasteiger partial charge >= 0.3 is 6.09 Å². The highest BCUT2D eigenvalue weighted by Gasteiger charge is 2.22. The summed E-state index contributed by atoms with van der Waals surface area (Å²) in [5.41, 5.74) is 1.00. The van der Waals surface area contributed by atoms with E-state index < -0.39 is 0 Å². The van der Waals surface area contributed by atoms with Crippen molar-refractivity contribution >= 4 is 18.5 Å². The molecule has 0 saturated heterocycles. The molecular formula is C23H32ClFN2O3. The molecule has 0 aromatic heterocycles. The lowest BCUT2D eigenvalue weighted by atomic mass is 10.0. The first-order valence-electron chi connectivity index (χ1n) is 9.97. The molecule has 0 aliphatic rings. The Kier molecular flexibility index (Phi) is 10.6. The number of hydrogen-bond acceptors (Lipinski definition) is 4. The van der Waals surface area contributed by atoms with Gasteiger partial charge < -0.3 is 19.7 Å². The number of halogens is 2. The van der Waals surface area contributed by atoms with Crippen molar-refractivity contribution in [3.8, 4) is 11.5 Å². The summed E-state index contributed by atoms with van der Waals surface area (Å²) in [5, 5.41) is 3.26. The topological polar surface area (TPSA) is 50.8 Å². The maximum absolute atomic E-state index is 13.0. The minimum absolute atomic E-state index is 0. The second-order valence-electron chi connectivity index (χ2n) is 7.47. The van der Waals surface area contributed by atoms with E-state index in [1.54, 1.807) is 23.1 Å². The Morgan fingerprint density at radius 1 is 1.03 bits per heavy atom. The molecule has 1 atom stereocenters. The minimum Gasteiger partial charge on any atom is -0.494 e. The molecule has 2 aromatic carbocycles. The van der Waals surface area contributed by atoms with Crippen LogP contribution >= 0.6 is 12.4 Å². The van der Waals surface area contributed by atoms with E-state index in [2.05, 4.69) is 5.32 Å². The Morgan fingerprint density at radius 3 is 2.23 bits per heavy atom. The summed E-state index contributed by atoms with van der Waals surface area (Å²) < 4.78 is 24.3. The van der Waals surface area contributed by atoms with Crippen LogP contribution in [0.1, 0.15) is 45.7 Å². The quantitative estimate of drug-likeness (QED) is 0.554. The number of benzene rings is 2. The van der Waals surface area contributed by atoms with E-state index >= 15 is 0 Å². The lowest BCUT2D eigenvalue weighted by Gasteiger charge is -2.29. The summed E-state index contributed by atoms with van der Waals surface area (Å²) in [6.07, 6.45) is 0.350. The van der Waals surface area contributed by atoms with Crippen molar-refractivity contribution in [2.75, 3.05) is 13.7 Å². The Balaban J connectivity index is 0.00000450. The molecule has 166 valence electrons. The summed E-state index contributed by atoms with van der Waals surface area (Å²) in [7, 11) is 1.88. The maximum atomic E-state index is 13.0.